The van der Waals surface area contributed by atoms with Gasteiger partial charge in [-0.25, -0.2) is 4.39 Å². The van der Waals surface area contributed by atoms with Crippen molar-refractivity contribution < 1.29 is 9.18 Å². The molecule has 0 bridgehead atoms. The van der Waals surface area contributed by atoms with Gasteiger partial charge in [-0.1, -0.05) is 0 Å². The Morgan fingerprint density at radius 3 is 2.81 bits per heavy atom. The quantitative estimate of drug-likeness (QED) is 0.735. The SMILES string of the molecule is O=C1Nc2cc(F)ccc2Nc2cscc21. The predicted molar refractivity (Wildman–Crippen MR) is 62.0 cm³/mol. The molecule has 1 amide bonds. The summed E-state index contributed by atoms with van der Waals surface area (Å²) in [6, 6.07) is 4.27. The van der Waals surface area contributed by atoms with Crippen molar-refractivity contribution in [3.8, 4) is 0 Å². The molecule has 0 saturated carbocycles. The Bertz CT molecular complexity index is 579. The lowest BCUT2D eigenvalue weighted by Crippen LogP contribution is -2.09. The van der Waals surface area contributed by atoms with E-state index in [1.165, 1.54) is 23.5 Å². The summed E-state index contributed by atoms with van der Waals surface area (Å²) < 4.78 is 13.0. The van der Waals surface area contributed by atoms with E-state index < -0.39 is 0 Å². The third kappa shape index (κ3) is 1.37. The lowest BCUT2D eigenvalue weighted by atomic mass is 10.2. The maximum Gasteiger partial charge on any atom is 0.258 e. The molecule has 0 radical (unpaired) electrons. The summed E-state index contributed by atoms with van der Waals surface area (Å²) >= 11 is 1.45. The normalized spacial score (nSPS) is 13.2. The van der Waals surface area contributed by atoms with E-state index in [1.807, 2.05) is 5.38 Å². The van der Waals surface area contributed by atoms with Gasteiger partial charge >= 0.3 is 0 Å². The minimum atomic E-state index is -0.370. The summed E-state index contributed by atoms with van der Waals surface area (Å²) in [5, 5.41) is 9.39. The van der Waals surface area contributed by atoms with Crippen molar-refractivity contribution in [2.75, 3.05) is 10.6 Å². The average molecular weight is 234 g/mol. The van der Waals surface area contributed by atoms with Gasteiger partial charge in [-0.15, -0.1) is 11.3 Å². The summed E-state index contributed by atoms with van der Waals surface area (Å²) in [4.78, 5) is 11.8. The van der Waals surface area contributed by atoms with Crippen molar-refractivity contribution in [3.63, 3.8) is 0 Å². The second kappa shape index (κ2) is 3.31. The summed E-state index contributed by atoms with van der Waals surface area (Å²) in [5.74, 6) is -0.585. The van der Waals surface area contributed by atoms with Crippen LogP contribution in [0.3, 0.4) is 0 Å². The summed E-state index contributed by atoms with van der Waals surface area (Å²) in [6.07, 6.45) is 0. The first-order chi connectivity index (χ1) is 7.74. The average Bonchev–Trinajstić information content (AvgIpc) is 2.65. The van der Waals surface area contributed by atoms with Gasteiger partial charge in [-0.05, 0) is 18.2 Å². The van der Waals surface area contributed by atoms with Crippen LogP contribution in [-0.2, 0) is 0 Å². The molecular formula is C11H7FN2OS. The van der Waals surface area contributed by atoms with Crippen molar-refractivity contribution in [1.29, 1.82) is 0 Å². The van der Waals surface area contributed by atoms with Gasteiger partial charge in [-0.2, -0.15) is 0 Å². The predicted octanol–water partition coefficient (Wildman–Crippen LogP) is 3.20. The molecule has 0 spiro atoms. The zero-order valence-electron chi connectivity index (χ0n) is 8.08. The molecule has 0 saturated heterocycles. The van der Waals surface area contributed by atoms with Crippen LogP contribution in [-0.4, -0.2) is 5.91 Å². The number of nitrogens with one attached hydrogen (secondary N) is 2. The number of halogens is 1. The van der Waals surface area contributed by atoms with E-state index in [0.29, 0.717) is 16.9 Å². The molecule has 0 unspecified atom stereocenters. The highest BCUT2D eigenvalue weighted by Crippen LogP contribution is 2.33. The number of amides is 1. The van der Waals surface area contributed by atoms with Crippen molar-refractivity contribution in [3.05, 3.63) is 40.3 Å². The fourth-order valence-corrected chi connectivity index (χ4v) is 2.39. The van der Waals surface area contributed by atoms with Gasteiger partial charge in [0.05, 0.1) is 22.6 Å². The first-order valence-corrected chi connectivity index (χ1v) is 5.62. The molecule has 1 aliphatic heterocycles. The minimum Gasteiger partial charge on any atom is -0.352 e. The van der Waals surface area contributed by atoms with Crippen LogP contribution >= 0.6 is 11.3 Å². The fourth-order valence-electron chi connectivity index (χ4n) is 1.63. The zero-order valence-corrected chi connectivity index (χ0v) is 8.90. The first kappa shape index (κ1) is 9.35. The zero-order chi connectivity index (χ0) is 11.1. The Hall–Kier alpha value is -1.88. The molecule has 0 fully saturated rings. The Balaban J connectivity index is 2.16. The van der Waals surface area contributed by atoms with Crippen LogP contribution in [0.15, 0.2) is 29.0 Å². The topological polar surface area (TPSA) is 41.1 Å². The van der Waals surface area contributed by atoms with Crippen LogP contribution < -0.4 is 10.6 Å². The number of anilines is 3. The molecule has 16 heavy (non-hydrogen) atoms. The molecule has 3 nitrogen and oxygen atoms in total. The molecular weight excluding hydrogens is 227 g/mol. The van der Waals surface area contributed by atoms with Crippen molar-refractivity contribution in [2.45, 2.75) is 0 Å². The van der Waals surface area contributed by atoms with Crippen molar-refractivity contribution >= 4 is 34.3 Å². The van der Waals surface area contributed by atoms with E-state index in [2.05, 4.69) is 10.6 Å². The Morgan fingerprint density at radius 1 is 1.06 bits per heavy atom. The van der Waals surface area contributed by atoms with E-state index >= 15 is 0 Å². The first-order valence-electron chi connectivity index (χ1n) is 4.68. The summed E-state index contributed by atoms with van der Waals surface area (Å²) in [6.45, 7) is 0. The van der Waals surface area contributed by atoms with E-state index in [-0.39, 0.29) is 11.7 Å². The Kier molecular flexibility index (Phi) is 1.94. The minimum absolute atomic E-state index is 0.215. The maximum atomic E-state index is 13.0. The molecule has 5 heteroatoms. The number of fused-ring (bicyclic) bond motifs is 2. The third-order valence-electron chi connectivity index (χ3n) is 2.41. The van der Waals surface area contributed by atoms with Gasteiger partial charge in [0, 0.05) is 10.8 Å². The Morgan fingerprint density at radius 2 is 1.94 bits per heavy atom. The highest BCUT2D eigenvalue weighted by molar-refractivity contribution is 7.08. The molecule has 2 N–H and O–H groups in total. The number of rotatable bonds is 0. The van der Waals surface area contributed by atoms with Gasteiger partial charge in [0.1, 0.15) is 5.82 Å². The van der Waals surface area contributed by atoms with Crippen LogP contribution in [0.4, 0.5) is 21.5 Å². The van der Waals surface area contributed by atoms with E-state index in [0.717, 1.165) is 5.69 Å². The third-order valence-corrected chi connectivity index (χ3v) is 3.15. The second-order valence-electron chi connectivity index (χ2n) is 3.47. The largest absolute Gasteiger partial charge is 0.352 e. The molecule has 2 heterocycles. The van der Waals surface area contributed by atoms with Crippen LogP contribution in [0.25, 0.3) is 0 Å². The lowest BCUT2D eigenvalue weighted by Gasteiger charge is -2.07. The van der Waals surface area contributed by atoms with Gasteiger partial charge < -0.3 is 10.6 Å². The maximum absolute atomic E-state index is 13.0. The second-order valence-corrected chi connectivity index (χ2v) is 4.21. The lowest BCUT2D eigenvalue weighted by molar-refractivity contribution is 0.102. The van der Waals surface area contributed by atoms with Crippen molar-refractivity contribution in [2.24, 2.45) is 0 Å². The van der Waals surface area contributed by atoms with E-state index in [9.17, 15) is 9.18 Å². The molecule has 2 aromatic rings. The standard InChI is InChI=1S/C11H7FN2OS/c12-6-1-2-8-9(3-6)14-11(15)7-4-16-5-10(7)13-8/h1-5,13H,(H,14,15). The molecule has 3 rings (SSSR count). The highest BCUT2D eigenvalue weighted by atomic mass is 32.1. The fraction of sp³-hybridized carbons (Fsp3) is 0. The number of hydrogen-bond acceptors (Lipinski definition) is 3. The van der Waals surface area contributed by atoms with Crippen LogP contribution in [0.1, 0.15) is 10.4 Å². The van der Waals surface area contributed by atoms with Crippen molar-refractivity contribution in [1.82, 2.24) is 0 Å². The number of thiophene rings is 1. The number of hydrogen-bond donors (Lipinski definition) is 2. The van der Waals surface area contributed by atoms with Gasteiger partial charge in [-0.3, -0.25) is 4.79 Å². The van der Waals surface area contributed by atoms with Crippen LogP contribution in [0, 0.1) is 5.82 Å². The molecule has 1 aliphatic rings. The Labute approximate surface area is 94.9 Å². The molecule has 0 atom stereocenters. The molecule has 0 aliphatic carbocycles. The molecule has 1 aromatic heterocycles. The van der Waals surface area contributed by atoms with Gasteiger partial charge in [0.2, 0.25) is 0 Å². The van der Waals surface area contributed by atoms with Gasteiger partial charge in [0.15, 0.2) is 0 Å². The summed E-state index contributed by atoms with van der Waals surface area (Å²) in [5.41, 5.74) is 2.51. The van der Waals surface area contributed by atoms with E-state index in [4.69, 9.17) is 0 Å². The smallest absolute Gasteiger partial charge is 0.258 e. The monoisotopic (exact) mass is 234 g/mol. The van der Waals surface area contributed by atoms with E-state index in [1.54, 1.807) is 11.4 Å². The van der Waals surface area contributed by atoms with Gasteiger partial charge in [0.25, 0.3) is 5.91 Å². The molecule has 1 aromatic carbocycles. The summed E-state index contributed by atoms with van der Waals surface area (Å²) in [7, 11) is 0. The van der Waals surface area contributed by atoms with Crippen LogP contribution in [0.5, 0.6) is 0 Å². The van der Waals surface area contributed by atoms with Crippen LogP contribution in [0.2, 0.25) is 0 Å². The number of benzene rings is 1. The highest BCUT2D eigenvalue weighted by Gasteiger charge is 2.19. The number of carbonyl (C=O) groups excluding carboxylic acids is 1. The molecule has 80 valence electrons. The number of carbonyl (C=O) groups is 1.